The highest BCUT2D eigenvalue weighted by molar-refractivity contribution is 7.91. The van der Waals surface area contributed by atoms with Crippen molar-refractivity contribution in [1.29, 1.82) is 0 Å². The van der Waals surface area contributed by atoms with Crippen molar-refractivity contribution < 1.29 is 13.2 Å². The van der Waals surface area contributed by atoms with Gasteiger partial charge in [-0.05, 0) is 43.2 Å². The molecule has 2 aliphatic heterocycles. The molecule has 0 radical (unpaired) electrons. The Kier molecular flexibility index (Phi) is 4.84. The lowest BCUT2D eigenvalue weighted by Gasteiger charge is -2.32. The SMILES string of the molecule is O=C(NC1CCS(=O)(=O)C1)N1CCC(Cc2cccnc2)CC1. The van der Waals surface area contributed by atoms with Crippen LogP contribution in [0.5, 0.6) is 0 Å². The van der Waals surface area contributed by atoms with Crippen molar-refractivity contribution in [3.63, 3.8) is 0 Å². The Labute approximate surface area is 137 Å². The molecule has 1 N–H and O–H groups in total. The molecule has 1 unspecified atom stereocenters. The summed E-state index contributed by atoms with van der Waals surface area (Å²) in [6.45, 7) is 1.46. The second-order valence-corrected chi connectivity index (χ2v) is 8.77. The maximum atomic E-state index is 12.2. The zero-order chi connectivity index (χ0) is 16.3. The van der Waals surface area contributed by atoms with E-state index in [1.54, 1.807) is 6.20 Å². The van der Waals surface area contributed by atoms with Gasteiger partial charge in [0.1, 0.15) is 0 Å². The molecule has 3 heterocycles. The molecule has 7 heteroatoms. The van der Waals surface area contributed by atoms with Gasteiger partial charge in [0.05, 0.1) is 11.5 Å². The van der Waals surface area contributed by atoms with Crippen molar-refractivity contribution in [2.45, 2.75) is 31.7 Å². The van der Waals surface area contributed by atoms with E-state index in [2.05, 4.69) is 16.4 Å². The molecule has 2 saturated heterocycles. The van der Waals surface area contributed by atoms with Gasteiger partial charge in [-0.2, -0.15) is 0 Å². The minimum absolute atomic E-state index is 0.0796. The highest BCUT2D eigenvalue weighted by atomic mass is 32.2. The number of sulfone groups is 1. The van der Waals surface area contributed by atoms with Crippen LogP contribution in [0.1, 0.15) is 24.8 Å². The Morgan fingerprint density at radius 2 is 2.09 bits per heavy atom. The average Bonchev–Trinajstić information content (AvgIpc) is 2.88. The molecule has 0 bridgehead atoms. The van der Waals surface area contributed by atoms with E-state index in [1.165, 1.54) is 5.56 Å². The highest BCUT2D eigenvalue weighted by Gasteiger charge is 2.31. The van der Waals surface area contributed by atoms with Crippen molar-refractivity contribution in [3.8, 4) is 0 Å². The molecule has 1 aromatic heterocycles. The fourth-order valence-electron chi connectivity index (χ4n) is 3.37. The van der Waals surface area contributed by atoms with E-state index in [-0.39, 0.29) is 23.6 Å². The fraction of sp³-hybridized carbons (Fsp3) is 0.625. The van der Waals surface area contributed by atoms with Gasteiger partial charge in [-0.15, -0.1) is 0 Å². The number of rotatable bonds is 3. The number of carbonyl (C=O) groups excluding carboxylic acids is 1. The largest absolute Gasteiger partial charge is 0.334 e. The van der Waals surface area contributed by atoms with Crippen molar-refractivity contribution >= 4 is 15.9 Å². The maximum absolute atomic E-state index is 12.2. The minimum Gasteiger partial charge on any atom is -0.334 e. The van der Waals surface area contributed by atoms with E-state index >= 15 is 0 Å². The van der Waals surface area contributed by atoms with Crippen LogP contribution in [-0.4, -0.2) is 55.0 Å². The van der Waals surface area contributed by atoms with Crippen LogP contribution in [0, 0.1) is 5.92 Å². The first-order valence-corrected chi connectivity index (χ1v) is 9.99. The van der Waals surface area contributed by atoms with Gasteiger partial charge in [-0.3, -0.25) is 4.98 Å². The molecular formula is C16H23N3O3S. The van der Waals surface area contributed by atoms with E-state index < -0.39 is 9.84 Å². The van der Waals surface area contributed by atoms with E-state index in [9.17, 15) is 13.2 Å². The first-order chi connectivity index (χ1) is 11.0. The fourth-order valence-corrected chi connectivity index (χ4v) is 5.04. The van der Waals surface area contributed by atoms with Crippen molar-refractivity contribution in [1.82, 2.24) is 15.2 Å². The van der Waals surface area contributed by atoms with Gasteiger partial charge in [0.2, 0.25) is 0 Å². The molecule has 0 aliphatic carbocycles. The predicted octanol–water partition coefficient (Wildman–Crippen LogP) is 1.23. The lowest BCUT2D eigenvalue weighted by atomic mass is 9.91. The van der Waals surface area contributed by atoms with E-state index in [0.717, 1.165) is 32.4 Å². The van der Waals surface area contributed by atoms with Gasteiger partial charge in [-0.1, -0.05) is 6.07 Å². The van der Waals surface area contributed by atoms with Crippen molar-refractivity contribution in [2.75, 3.05) is 24.6 Å². The molecule has 2 amide bonds. The molecule has 2 aliphatic rings. The molecular weight excluding hydrogens is 314 g/mol. The number of amides is 2. The number of nitrogens with one attached hydrogen (secondary N) is 1. The Balaban J connectivity index is 1.44. The van der Waals surface area contributed by atoms with E-state index in [4.69, 9.17) is 0 Å². The molecule has 0 aromatic carbocycles. The van der Waals surface area contributed by atoms with Crippen LogP contribution in [0.2, 0.25) is 0 Å². The molecule has 0 spiro atoms. The third-order valence-electron chi connectivity index (χ3n) is 4.71. The van der Waals surface area contributed by atoms with Crippen molar-refractivity contribution in [2.24, 2.45) is 5.92 Å². The Hall–Kier alpha value is -1.63. The number of aromatic nitrogens is 1. The molecule has 1 aromatic rings. The van der Waals surface area contributed by atoms with E-state index in [1.807, 2.05) is 17.2 Å². The molecule has 126 valence electrons. The molecule has 3 rings (SSSR count). The summed E-state index contributed by atoms with van der Waals surface area (Å²) in [5, 5.41) is 2.87. The molecule has 0 saturated carbocycles. The first kappa shape index (κ1) is 16.2. The average molecular weight is 337 g/mol. The predicted molar refractivity (Wildman–Crippen MR) is 87.8 cm³/mol. The summed E-state index contributed by atoms with van der Waals surface area (Å²) in [5.41, 5.74) is 1.24. The number of hydrogen-bond donors (Lipinski definition) is 1. The summed E-state index contributed by atoms with van der Waals surface area (Å²) in [6, 6.07) is 3.70. The number of carbonyl (C=O) groups is 1. The number of hydrogen-bond acceptors (Lipinski definition) is 4. The summed E-state index contributed by atoms with van der Waals surface area (Å²) in [4.78, 5) is 18.2. The number of pyridine rings is 1. The summed E-state index contributed by atoms with van der Waals surface area (Å²) in [7, 11) is -2.95. The van der Waals surface area contributed by atoms with Gasteiger partial charge in [-0.25, -0.2) is 13.2 Å². The number of nitrogens with zero attached hydrogens (tertiary/aromatic N) is 2. The second kappa shape index (κ2) is 6.86. The maximum Gasteiger partial charge on any atom is 0.317 e. The van der Waals surface area contributed by atoms with Crippen molar-refractivity contribution in [3.05, 3.63) is 30.1 Å². The molecule has 6 nitrogen and oxygen atoms in total. The van der Waals surface area contributed by atoms with Crippen LogP contribution in [0.15, 0.2) is 24.5 Å². The van der Waals surface area contributed by atoms with Gasteiger partial charge in [0.25, 0.3) is 0 Å². The van der Waals surface area contributed by atoms with Crippen LogP contribution < -0.4 is 5.32 Å². The Morgan fingerprint density at radius 3 is 2.70 bits per heavy atom. The number of urea groups is 1. The monoisotopic (exact) mass is 337 g/mol. The smallest absolute Gasteiger partial charge is 0.317 e. The van der Waals surface area contributed by atoms with Gasteiger partial charge in [0, 0.05) is 31.5 Å². The summed E-state index contributed by atoms with van der Waals surface area (Å²) in [5.74, 6) is 0.844. The molecule has 2 fully saturated rings. The Bertz CT molecular complexity index is 640. The number of piperidine rings is 1. The molecule has 23 heavy (non-hydrogen) atoms. The summed E-state index contributed by atoms with van der Waals surface area (Å²) < 4.78 is 22.9. The van der Waals surface area contributed by atoms with Crippen LogP contribution in [0.3, 0.4) is 0 Å². The topological polar surface area (TPSA) is 79.4 Å². The Morgan fingerprint density at radius 1 is 1.30 bits per heavy atom. The second-order valence-electron chi connectivity index (χ2n) is 6.55. The van der Waals surface area contributed by atoms with Crippen LogP contribution in [-0.2, 0) is 16.3 Å². The van der Waals surface area contributed by atoms with Gasteiger partial charge >= 0.3 is 6.03 Å². The molecule has 1 atom stereocenters. The van der Waals surface area contributed by atoms with Crippen LogP contribution in [0.4, 0.5) is 4.79 Å². The lowest BCUT2D eigenvalue weighted by Crippen LogP contribution is -2.48. The lowest BCUT2D eigenvalue weighted by molar-refractivity contribution is 0.168. The third-order valence-corrected chi connectivity index (χ3v) is 6.48. The standard InChI is InChI=1S/C16H23N3O3S/c20-16(18-15-5-9-23(21,22)12-15)19-7-3-13(4-8-19)10-14-2-1-6-17-11-14/h1-2,6,11,13,15H,3-5,7-10,12H2,(H,18,20). The van der Waals surface area contributed by atoms with Crippen LogP contribution in [0.25, 0.3) is 0 Å². The van der Waals surface area contributed by atoms with E-state index in [0.29, 0.717) is 12.3 Å². The van der Waals surface area contributed by atoms with Gasteiger partial charge in [0.15, 0.2) is 9.84 Å². The van der Waals surface area contributed by atoms with Gasteiger partial charge < -0.3 is 10.2 Å². The summed E-state index contributed by atoms with van der Waals surface area (Å²) in [6.07, 6.45) is 7.17. The zero-order valence-corrected chi connectivity index (χ0v) is 14.0. The minimum atomic E-state index is -2.95. The highest BCUT2D eigenvalue weighted by Crippen LogP contribution is 2.21. The zero-order valence-electron chi connectivity index (χ0n) is 13.1. The quantitative estimate of drug-likeness (QED) is 0.900. The third kappa shape index (κ3) is 4.43. The summed E-state index contributed by atoms with van der Waals surface area (Å²) >= 11 is 0. The first-order valence-electron chi connectivity index (χ1n) is 8.16. The normalized spacial score (nSPS) is 24.5. The van der Waals surface area contributed by atoms with Crippen LogP contribution >= 0.6 is 0 Å². The number of likely N-dealkylation sites (tertiary alicyclic amines) is 1.